The highest BCUT2D eigenvalue weighted by Gasteiger charge is 2.28. The highest BCUT2D eigenvalue weighted by atomic mass is 16.6. The van der Waals surface area contributed by atoms with Crippen LogP contribution in [0.4, 0.5) is 11.4 Å². The first-order chi connectivity index (χ1) is 8.11. The topological polar surface area (TPSA) is 79.0 Å². The number of nitrogens with zero attached hydrogens (tertiary/aromatic N) is 2. The van der Waals surface area contributed by atoms with E-state index in [1.165, 1.54) is 6.07 Å². The summed E-state index contributed by atoms with van der Waals surface area (Å²) in [5, 5.41) is 23.0. The second-order valence-corrected chi connectivity index (χ2v) is 4.49. The standard InChI is InChI=1S/C12H13N3O2/c1-8-5-10(6-8)14-11-4-2-3-9(7-13)12(11)15(16)17/h2-4,8,10,14H,5-6H2,1H3. The van der Waals surface area contributed by atoms with E-state index in [1.54, 1.807) is 12.1 Å². The van der Waals surface area contributed by atoms with Gasteiger partial charge < -0.3 is 5.32 Å². The highest BCUT2D eigenvalue weighted by molar-refractivity contribution is 5.68. The van der Waals surface area contributed by atoms with Crippen molar-refractivity contribution in [1.29, 1.82) is 5.26 Å². The van der Waals surface area contributed by atoms with Crippen LogP contribution in [0.3, 0.4) is 0 Å². The van der Waals surface area contributed by atoms with Gasteiger partial charge in [-0.25, -0.2) is 0 Å². The van der Waals surface area contributed by atoms with Crippen LogP contribution >= 0.6 is 0 Å². The lowest BCUT2D eigenvalue weighted by atomic mass is 9.82. The molecule has 0 atom stereocenters. The van der Waals surface area contributed by atoms with Crippen LogP contribution in [0.1, 0.15) is 25.3 Å². The Morgan fingerprint density at radius 3 is 2.76 bits per heavy atom. The van der Waals surface area contributed by atoms with E-state index < -0.39 is 4.92 Å². The average molecular weight is 231 g/mol. The molecule has 5 heteroatoms. The molecule has 0 saturated heterocycles. The number of nitro benzene ring substituents is 1. The summed E-state index contributed by atoms with van der Waals surface area (Å²) in [7, 11) is 0. The summed E-state index contributed by atoms with van der Waals surface area (Å²) in [6.45, 7) is 2.15. The van der Waals surface area contributed by atoms with E-state index in [0.29, 0.717) is 11.6 Å². The highest BCUT2D eigenvalue weighted by Crippen LogP contribution is 2.34. The summed E-state index contributed by atoms with van der Waals surface area (Å²) in [5.41, 5.74) is 0.438. The third-order valence-electron chi connectivity index (χ3n) is 3.07. The molecule has 2 rings (SSSR count). The zero-order chi connectivity index (χ0) is 12.4. The zero-order valence-corrected chi connectivity index (χ0v) is 9.51. The lowest BCUT2D eigenvalue weighted by molar-refractivity contribution is -0.384. The average Bonchev–Trinajstić information content (AvgIpc) is 2.26. The maximum atomic E-state index is 11.0. The fraction of sp³-hybridized carbons (Fsp3) is 0.417. The van der Waals surface area contributed by atoms with Crippen molar-refractivity contribution in [2.45, 2.75) is 25.8 Å². The molecule has 0 bridgehead atoms. The van der Waals surface area contributed by atoms with Crippen molar-refractivity contribution in [3.8, 4) is 6.07 Å². The molecule has 17 heavy (non-hydrogen) atoms. The minimum absolute atomic E-state index is 0.104. The van der Waals surface area contributed by atoms with Gasteiger partial charge in [-0.1, -0.05) is 13.0 Å². The summed E-state index contributed by atoms with van der Waals surface area (Å²) < 4.78 is 0. The molecule has 1 fully saturated rings. The molecule has 0 aliphatic heterocycles. The van der Waals surface area contributed by atoms with Crippen LogP contribution in [0.2, 0.25) is 0 Å². The fourth-order valence-corrected chi connectivity index (χ4v) is 2.19. The van der Waals surface area contributed by atoms with Gasteiger partial charge in [0, 0.05) is 6.04 Å². The molecule has 0 unspecified atom stereocenters. The van der Waals surface area contributed by atoms with Crippen LogP contribution in [-0.4, -0.2) is 11.0 Å². The minimum atomic E-state index is -0.497. The Kier molecular flexibility index (Phi) is 2.96. The van der Waals surface area contributed by atoms with Crippen molar-refractivity contribution in [3.05, 3.63) is 33.9 Å². The molecular weight excluding hydrogens is 218 g/mol. The number of anilines is 1. The molecular formula is C12H13N3O2. The maximum absolute atomic E-state index is 11.0. The van der Waals surface area contributed by atoms with E-state index in [1.807, 2.05) is 6.07 Å². The summed E-state index contributed by atoms with van der Waals surface area (Å²) in [6.07, 6.45) is 2.04. The van der Waals surface area contributed by atoms with Crippen molar-refractivity contribution in [3.63, 3.8) is 0 Å². The van der Waals surface area contributed by atoms with Crippen molar-refractivity contribution >= 4 is 11.4 Å². The van der Waals surface area contributed by atoms with Crippen LogP contribution in [0.25, 0.3) is 0 Å². The zero-order valence-electron chi connectivity index (χ0n) is 9.51. The van der Waals surface area contributed by atoms with Gasteiger partial charge in [-0.3, -0.25) is 10.1 Å². The normalized spacial score (nSPS) is 22.4. The SMILES string of the molecule is CC1CC(Nc2cccc(C#N)c2[N+](=O)[O-])C1. The summed E-state index contributed by atoms with van der Waals surface area (Å²) in [5.74, 6) is 0.672. The van der Waals surface area contributed by atoms with Crippen LogP contribution < -0.4 is 5.32 Å². The van der Waals surface area contributed by atoms with Crippen molar-refractivity contribution in [2.24, 2.45) is 5.92 Å². The van der Waals surface area contributed by atoms with E-state index in [4.69, 9.17) is 5.26 Å². The molecule has 1 N–H and O–H groups in total. The van der Waals surface area contributed by atoms with E-state index in [9.17, 15) is 10.1 Å². The number of benzene rings is 1. The predicted octanol–water partition coefficient (Wildman–Crippen LogP) is 2.68. The molecule has 1 aromatic carbocycles. The first kappa shape index (κ1) is 11.4. The molecule has 1 aliphatic rings. The second kappa shape index (κ2) is 4.42. The molecule has 1 aromatic rings. The largest absolute Gasteiger partial charge is 0.377 e. The number of rotatable bonds is 3. The van der Waals surface area contributed by atoms with Crippen molar-refractivity contribution < 1.29 is 4.92 Å². The third kappa shape index (κ3) is 2.21. The Balaban J connectivity index is 2.27. The van der Waals surface area contributed by atoms with E-state index in [0.717, 1.165) is 12.8 Å². The quantitative estimate of drug-likeness (QED) is 0.640. The third-order valence-corrected chi connectivity index (χ3v) is 3.07. The number of nitro groups is 1. The van der Waals surface area contributed by atoms with E-state index in [2.05, 4.69) is 12.2 Å². The number of nitriles is 1. The van der Waals surface area contributed by atoms with Crippen LogP contribution in [-0.2, 0) is 0 Å². The monoisotopic (exact) mass is 231 g/mol. The first-order valence-electron chi connectivity index (χ1n) is 5.56. The number of hydrogen-bond acceptors (Lipinski definition) is 4. The fourth-order valence-electron chi connectivity index (χ4n) is 2.19. The van der Waals surface area contributed by atoms with Crippen LogP contribution in [0.5, 0.6) is 0 Å². The van der Waals surface area contributed by atoms with E-state index in [-0.39, 0.29) is 17.3 Å². The van der Waals surface area contributed by atoms with Crippen LogP contribution in [0, 0.1) is 27.4 Å². The Labute approximate surface area is 99.2 Å². The minimum Gasteiger partial charge on any atom is -0.377 e. The number of hydrogen-bond donors (Lipinski definition) is 1. The van der Waals surface area contributed by atoms with Gasteiger partial charge in [0.1, 0.15) is 17.3 Å². The molecule has 0 aromatic heterocycles. The van der Waals surface area contributed by atoms with Gasteiger partial charge in [0.05, 0.1) is 4.92 Å². The van der Waals surface area contributed by atoms with Gasteiger partial charge in [-0.05, 0) is 30.9 Å². The molecule has 5 nitrogen and oxygen atoms in total. The Hall–Kier alpha value is -2.09. The van der Waals surface area contributed by atoms with Gasteiger partial charge in [0.25, 0.3) is 0 Å². The lowest BCUT2D eigenvalue weighted by Crippen LogP contribution is -2.34. The van der Waals surface area contributed by atoms with Gasteiger partial charge in [-0.2, -0.15) is 5.26 Å². The van der Waals surface area contributed by atoms with Gasteiger partial charge in [-0.15, -0.1) is 0 Å². The summed E-state index contributed by atoms with van der Waals surface area (Å²) in [6, 6.07) is 6.93. The molecule has 1 aliphatic carbocycles. The smallest absolute Gasteiger partial charge is 0.309 e. The molecule has 88 valence electrons. The molecule has 0 spiro atoms. The van der Waals surface area contributed by atoms with E-state index >= 15 is 0 Å². The molecule has 1 saturated carbocycles. The Bertz CT molecular complexity index is 487. The van der Waals surface area contributed by atoms with Crippen LogP contribution in [0.15, 0.2) is 18.2 Å². The summed E-state index contributed by atoms with van der Waals surface area (Å²) in [4.78, 5) is 10.5. The van der Waals surface area contributed by atoms with Gasteiger partial charge >= 0.3 is 5.69 Å². The predicted molar refractivity (Wildman–Crippen MR) is 63.6 cm³/mol. The van der Waals surface area contributed by atoms with Crippen molar-refractivity contribution in [1.82, 2.24) is 0 Å². The van der Waals surface area contributed by atoms with Crippen molar-refractivity contribution in [2.75, 3.05) is 5.32 Å². The molecule has 0 heterocycles. The first-order valence-corrected chi connectivity index (χ1v) is 5.56. The van der Waals surface area contributed by atoms with Gasteiger partial charge in [0.2, 0.25) is 0 Å². The number of nitrogens with one attached hydrogen (secondary N) is 1. The Morgan fingerprint density at radius 1 is 1.53 bits per heavy atom. The number of para-hydroxylation sites is 1. The second-order valence-electron chi connectivity index (χ2n) is 4.49. The maximum Gasteiger partial charge on any atom is 0.309 e. The lowest BCUT2D eigenvalue weighted by Gasteiger charge is -2.33. The van der Waals surface area contributed by atoms with Gasteiger partial charge in [0.15, 0.2) is 0 Å². The Morgan fingerprint density at radius 2 is 2.24 bits per heavy atom. The molecule has 0 amide bonds. The summed E-state index contributed by atoms with van der Waals surface area (Å²) >= 11 is 0. The molecule has 0 radical (unpaired) electrons.